The van der Waals surface area contributed by atoms with Crippen molar-refractivity contribution in [1.29, 1.82) is 0 Å². The van der Waals surface area contributed by atoms with Crippen molar-refractivity contribution in [3.05, 3.63) is 11.5 Å². The summed E-state index contributed by atoms with van der Waals surface area (Å²) in [5.41, 5.74) is 0. The van der Waals surface area contributed by atoms with Crippen LogP contribution in [0, 0.1) is 0 Å². The molecule has 1 N–H and O–H groups in total. The highest BCUT2D eigenvalue weighted by atomic mass is 32.2. The van der Waals surface area contributed by atoms with E-state index in [-0.39, 0.29) is 23.1 Å². The molecule has 0 aliphatic carbocycles. The molecule has 0 aromatic heterocycles. The van der Waals surface area contributed by atoms with Crippen molar-refractivity contribution in [3.63, 3.8) is 0 Å². The molecule has 0 radical (unpaired) electrons. The fourth-order valence-corrected chi connectivity index (χ4v) is 2.67. The Labute approximate surface area is 95.6 Å². The van der Waals surface area contributed by atoms with E-state index in [9.17, 15) is 8.42 Å². The molecule has 2 atom stereocenters. The molecule has 6 heteroatoms. The van der Waals surface area contributed by atoms with Crippen LogP contribution in [0.5, 0.6) is 0 Å². The highest BCUT2D eigenvalue weighted by Gasteiger charge is 2.22. The molecule has 1 aliphatic rings. The van der Waals surface area contributed by atoms with E-state index in [0.717, 1.165) is 6.42 Å². The molecule has 1 aliphatic heterocycles. The summed E-state index contributed by atoms with van der Waals surface area (Å²) in [6.45, 7) is 3.91. The maximum absolute atomic E-state index is 11.1. The van der Waals surface area contributed by atoms with Gasteiger partial charge in [-0.3, -0.25) is 0 Å². The summed E-state index contributed by atoms with van der Waals surface area (Å²) >= 11 is 4.95. The van der Waals surface area contributed by atoms with Gasteiger partial charge in [-0.05, 0) is 31.6 Å². The van der Waals surface area contributed by atoms with Crippen LogP contribution in [0.25, 0.3) is 0 Å². The minimum atomic E-state index is -3.03. The van der Waals surface area contributed by atoms with Gasteiger partial charge in [0.15, 0.2) is 9.84 Å². The Morgan fingerprint density at radius 2 is 2.40 bits per heavy atom. The highest BCUT2D eigenvalue weighted by Crippen LogP contribution is 2.08. The van der Waals surface area contributed by atoms with Crippen LogP contribution in [0.2, 0.25) is 0 Å². The normalized spacial score (nSPS) is 24.8. The summed E-state index contributed by atoms with van der Waals surface area (Å²) in [6.07, 6.45) is 2.49. The number of nitrogens with one attached hydrogen (secondary N) is 1. The quantitative estimate of drug-likeness (QED) is 0.756. The molecule has 15 heavy (non-hydrogen) atoms. The van der Waals surface area contributed by atoms with Gasteiger partial charge in [-0.15, -0.1) is 0 Å². The van der Waals surface area contributed by atoms with Gasteiger partial charge >= 0.3 is 0 Å². The molecule has 86 valence electrons. The predicted molar refractivity (Wildman–Crippen MR) is 63.3 cm³/mol. The van der Waals surface area contributed by atoms with E-state index >= 15 is 0 Å². The maximum atomic E-state index is 11.1. The van der Waals surface area contributed by atoms with Crippen LogP contribution < -0.4 is 5.32 Å². The molecule has 0 bridgehead atoms. The van der Waals surface area contributed by atoms with Crippen LogP contribution in [0.4, 0.5) is 0 Å². The number of sulfone groups is 1. The fourth-order valence-electron chi connectivity index (χ4n) is 1.12. The SMILES string of the molecule is CC[C@@H](C)OC(=S)N[C@H]1C=CS(=O)(=O)C1. The van der Waals surface area contributed by atoms with E-state index < -0.39 is 9.84 Å². The van der Waals surface area contributed by atoms with Gasteiger partial charge in [0.05, 0.1) is 17.9 Å². The van der Waals surface area contributed by atoms with Crippen molar-refractivity contribution < 1.29 is 13.2 Å². The second kappa shape index (κ2) is 4.94. The van der Waals surface area contributed by atoms with E-state index in [1.165, 1.54) is 5.41 Å². The van der Waals surface area contributed by atoms with Crippen molar-refractivity contribution in [3.8, 4) is 0 Å². The largest absolute Gasteiger partial charge is 0.468 e. The molecular weight excluding hydrogens is 234 g/mol. The lowest BCUT2D eigenvalue weighted by Crippen LogP contribution is -2.37. The van der Waals surface area contributed by atoms with Gasteiger partial charge in [0.2, 0.25) is 0 Å². The molecule has 0 amide bonds. The summed E-state index contributed by atoms with van der Waals surface area (Å²) in [5, 5.41) is 4.31. The zero-order valence-corrected chi connectivity index (χ0v) is 10.4. The first kappa shape index (κ1) is 12.4. The number of hydrogen-bond acceptors (Lipinski definition) is 4. The zero-order chi connectivity index (χ0) is 11.5. The maximum Gasteiger partial charge on any atom is 0.257 e. The highest BCUT2D eigenvalue weighted by molar-refractivity contribution is 7.94. The lowest BCUT2D eigenvalue weighted by atomic mass is 10.3. The number of rotatable bonds is 3. The van der Waals surface area contributed by atoms with Gasteiger partial charge in [0.25, 0.3) is 5.17 Å². The summed E-state index contributed by atoms with van der Waals surface area (Å²) in [4.78, 5) is 0. The minimum absolute atomic E-state index is 0.0481. The van der Waals surface area contributed by atoms with E-state index in [4.69, 9.17) is 17.0 Å². The molecular formula is C9H15NO3S2. The van der Waals surface area contributed by atoms with Crippen LogP contribution in [0.1, 0.15) is 20.3 Å². The smallest absolute Gasteiger partial charge is 0.257 e. The third kappa shape index (κ3) is 4.17. The topological polar surface area (TPSA) is 55.4 Å². The Bertz CT molecular complexity index is 362. The van der Waals surface area contributed by atoms with Crippen LogP contribution in [0.3, 0.4) is 0 Å². The Hall–Kier alpha value is -0.620. The third-order valence-electron chi connectivity index (χ3n) is 2.12. The average molecular weight is 249 g/mol. The summed E-state index contributed by atoms with van der Waals surface area (Å²) in [7, 11) is -3.03. The fraction of sp³-hybridized carbons (Fsp3) is 0.667. The van der Waals surface area contributed by atoms with Crippen molar-refractivity contribution >= 4 is 27.2 Å². The Morgan fingerprint density at radius 3 is 2.87 bits per heavy atom. The van der Waals surface area contributed by atoms with Gasteiger partial charge in [-0.25, -0.2) is 8.42 Å². The first-order valence-electron chi connectivity index (χ1n) is 4.81. The number of hydrogen-bond donors (Lipinski definition) is 1. The van der Waals surface area contributed by atoms with Crippen LogP contribution >= 0.6 is 12.2 Å². The molecule has 0 aromatic carbocycles. The molecule has 0 saturated carbocycles. The molecule has 1 heterocycles. The summed E-state index contributed by atoms with van der Waals surface area (Å²) in [5.74, 6) is 0.0526. The first-order valence-corrected chi connectivity index (χ1v) is 6.93. The van der Waals surface area contributed by atoms with Crippen LogP contribution in [-0.2, 0) is 14.6 Å². The molecule has 4 nitrogen and oxygen atoms in total. The number of thiocarbonyl (C=S) groups is 1. The van der Waals surface area contributed by atoms with Crippen molar-refractivity contribution in [2.45, 2.75) is 32.4 Å². The molecule has 0 unspecified atom stereocenters. The predicted octanol–water partition coefficient (Wildman–Crippen LogP) is 0.987. The lowest BCUT2D eigenvalue weighted by molar-refractivity contribution is 0.199. The zero-order valence-electron chi connectivity index (χ0n) is 8.76. The second-order valence-corrected chi connectivity index (χ2v) is 5.84. The van der Waals surface area contributed by atoms with Crippen molar-refractivity contribution in [2.75, 3.05) is 5.75 Å². The second-order valence-electron chi connectivity index (χ2n) is 3.53. The summed E-state index contributed by atoms with van der Waals surface area (Å²) < 4.78 is 27.5. The standard InChI is InChI=1S/C9H15NO3S2/c1-3-7(2)13-9(14)10-8-4-5-15(11,12)6-8/h4-5,7-8H,3,6H2,1-2H3,(H,10,14)/t7-,8+/m1/s1. The van der Waals surface area contributed by atoms with Gasteiger partial charge in [-0.1, -0.05) is 6.92 Å². The Morgan fingerprint density at radius 1 is 1.73 bits per heavy atom. The molecule has 0 saturated heterocycles. The Kier molecular flexibility index (Phi) is 4.10. The van der Waals surface area contributed by atoms with Crippen LogP contribution in [-0.4, -0.2) is 31.5 Å². The molecule has 0 fully saturated rings. The van der Waals surface area contributed by atoms with E-state index in [1.54, 1.807) is 6.08 Å². The van der Waals surface area contributed by atoms with Gasteiger partial charge in [0, 0.05) is 5.41 Å². The van der Waals surface area contributed by atoms with Crippen LogP contribution in [0.15, 0.2) is 11.5 Å². The number of ether oxygens (including phenoxy) is 1. The molecule has 0 aromatic rings. The molecule has 1 rings (SSSR count). The first-order chi connectivity index (χ1) is 6.93. The van der Waals surface area contributed by atoms with E-state index in [2.05, 4.69) is 5.32 Å². The minimum Gasteiger partial charge on any atom is -0.468 e. The summed E-state index contributed by atoms with van der Waals surface area (Å²) in [6, 6.07) is -0.258. The van der Waals surface area contributed by atoms with E-state index in [1.807, 2.05) is 13.8 Å². The van der Waals surface area contributed by atoms with Gasteiger partial charge in [-0.2, -0.15) is 0 Å². The molecule has 0 spiro atoms. The van der Waals surface area contributed by atoms with Gasteiger partial charge in [0.1, 0.15) is 0 Å². The van der Waals surface area contributed by atoms with Crippen molar-refractivity contribution in [2.24, 2.45) is 0 Å². The lowest BCUT2D eigenvalue weighted by Gasteiger charge is -2.16. The monoisotopic (exact) mass is 249 g/mol. The Balaban J connectivity index is 2.38. The van der Waals surface area contributed by atoms with E-state index in [0.29, 0.717) is 0 Å². The van der Waals surface area contributed by atoms with Gasteiger partial charge < -0.3 is 10.1 Å². The third-order valence-corrected chi connectivity index (χ3v) is 3.73. The average Bonchev–Trinajstić information content (AvgIpc) is 2.44. The van der Waals surface area contributed by atoms with Crippen molar-refractivity contribution in [1.82, 2.24) is 5.32 Å².